The first-order valence-electron chi connectivity index (χ1n) is 8.41. The van der Waals surface area contributed by atoms with Gasteiger partial charge in [-0.3, -0.25) is 9.78 Å². The van der Waals surface area contributed by atoms with Gasteiger partial charge in [-0.25, -0.2) is 19.8 Å². The van der Waals surface area contributed by atoms with E-state index in [0.29, 0.717) is 11.4 Å². The zero-order valence-corrected chi connectivity index (χ0v) is 15.4. The lowest BCUT2D eigenvalue weighted by Crippen LogP contribution is -2.20. The summed E-state index contributed by atoms with van der Waals surface area (Å²) in [5.74, 6) is -0.588. The van der Waals surface area contributed by atoms with Crippen LogP contribution in [0.3, 0.4) is 0 Å². The van der Waals surface area contributed by atoms with E-state index in [-0.39, 0.29) is 18.1 Å². The van der Waals surface area contributed by atoms with Crippen LogP contribution in [0.25, 0.3) is 21.6 Å². The minimum absolute atomic E-state index is 0.0957. The van der Waals surface area contributed by atoms with E-state index in [0.717, 1.165) is 21.6 Å². The quantitative estimate of drug-likeness (QED) is 0.416. The maximum absolute atomic E-state index is 13.0. The van der Waals surface area contributed by atoms with Crippen molar-refractivity contribution in [3.8, 4) is 10.6 Å². The third-order valence-electron chi connectivity index (χ3n) is 3.84. The van der Waals surface area contributed by atoms with Crippen LogP contribution in [-0.4, -0.2) is 27.1 Å². The molecule has 0 radical (unpaired) electrons. The molecule has 0 spiro atoms. The zero-order chi connectivity index (χ0) is 19.3. The molecular formula is C20H14FN5OS. The lowest BCUT2D eigenvalue weighted by molar-refractivity contribution is -0.120. The van der Waals surface area contributed by atoms with Crippen LogP contribution in [0.5, 0.6) is 0 Å². The van der Waals surface area contributed by atoms with Gasteiger partial charge in [-0.05, 0) is 36.4 Å². The molecule has 138 valence electrons. The molecule has 1 amide bonds. The summed E-state index contributed by atoms with van der Waals surface area (Å²) in [7, 11) is 0. The summed E-state index contributed by atoms with van der Waals surface area (Å²) >= 11 is 1.40. The summed E-state index contributed by atoms with van der Waals surface area (Å²) < 4.78 is 13.0. The van der Waals surface area contributed by atoms with Crippen molar-refractivity contribution >= 4 is 34.5 Å². The molecule has 4 rings (SSSR count). The molecule has 2 aromatic heterocycles. The number of carbonyl (C=O) groups is 1. The molecule has 1 N–H and O–H groups in total. The van der Waals surface area contributed by atoms with Crippen molar-refractivity contribution in [1.82, 2.24) is 20.4 Å². The Morgan fingerprint density at radius 2 is 1.89 bits per heavy atom. The Labute approximate surface area is 163 Å². The summed E-state index contributed by atoms with van der Waals surface area (Å²) in [6, 6.07) is 13.6. The molecule has 2 aromatic carbocycles. The molecule has 2 heterocycles. The molecule has 0 saturated heterocycles. The van der Waals surface area contributed by atoms with Crippen LogP contribution in [0.15, 0.2) is 65.2 Å². The Morgan fingerprint density at radius 3 is 2.71 bits per heavy atom. The van der Waals surface area contributed by atoms with E-state index in [1.807, 2.05) is 24.3 Å². The number of halogens is 1. The predicted octanol–water partition coefficient (Wildman–Crippen LogP) is 3.59. The van der Waals surface area contributed by atoms with E-state index in [1.165, 1.54) is 29.7 Å². The normalized spacial score (nSPS) is 11.2. The third kappa shape index (κ3) is 4.24. The molecule has 0 saturated carbocycles. The van der Waals surface area contributed by atoms with Crippen LogP contribution in [0, 0.1) is 5.82 Å². The first kappa shape index (κ1) is 17.9. The molecule has 0 aliphatic carbocycles. The Hall–Kier alpha value is -3.52. The second kappa shape index (κ2) is 8.01. The van der Waals surface area contributed by atoms with Gasteiger partial charge in [0.15, 0.2) is 0 Å². The fraction of sp³-hybridized carbons (Fsp3) is 0.0500. The van der Waals surface area contributed by atoms with Gasteiger partial charge < -0.3 is 0 Å². The van der Waals surface area contributed by atoms with Gasteiger partial charge in [-0.15, -0.1) is 11.3 Å². The number of thiazole rings is 1. The van der Waals surface area contributed by atoms with Gasteiger partial charge in [0, 0.05) is 10.9 Å². The number of hydrogen-bond donors (Lipinski definition) is 1. The van der Waals surface area contributed by atoms with Gasteiger partial charge in [-0.2, -0.15) is 5.10 Å². The number of amides is 1. The summed E-state index contributed by atoms with van der Waals surface area (Å²) in [6.45, 7) is 0. The smallest absolute Gasteiger partial charge is 0.246 e. The van der Waals surface area contributed by atoms with Gasteiger partial charge >= 0.3 is 0 Å². The van der Waals surface area contributed by atoms with Crippen LogP contribution in [-0.2, 0) is 11.2 Å². The molecule has 0 bridgehead atoms. The van der Waals surface area contributed by atoms with Crippen molar-refractivity contribution in [2.75, 3.05) is 0 Å². The highest BCUT2D eigenvalue weighted by atomic mass is 32.1. The Balaban J connectivity index is 1.36. The summed E-state index contributed by atoms with van der Waals surface area (Å²) in [6.07, 6.45) is 3.13. The van der Waals surface area contributed by atoms with Crippen LogP contribution in [0.1, 0.15) is 11.4 Å². The Bertz CT molecular complexity index is 1160. The van der Waals surface area contributed by atoms with Crippen molar-refractivity contribution in [3.63, 3.8) is 0 Å². The number of fused-ring (bicyclic) bond motifs is 1. The second-order valence-electron chi connectivity index (χ2n) is 5.90. The highest BCUT2D eigenvalue weighted by Crippen LogP contribution is 2.24. The molecule has 4 aromatic rings. The fourth-order valence-corrected chi connectivity index (χ4v) is 3.35. The van der Waals surface area contributed by atoms with Crippen LogP contribution < -0.4 is 5.43 Å². The topological polar surface area (TPSA) is 80.1 Å². The van der Waals surface area contributed by atoms with Gasteiger partial charge in [0.1, 0.15) is 16.5 Å². The van der Waals surface area contributed by atoms with E-state index < -0.39 is 0 Å². The Morgan fingerprint density at radius 1 is 1.11 bits per heavy atom. The van der Waals surface area contributed by atoms with Gasteiger partial charge in [0.05, 0.1) is 35.6 Å². The first-order chi connectivity index (χ1) is 13.7. The third-order valence-corrected chi connectivity index (χ3v) is 4.78. The average molecular weight is 391 g/mol. The average Bonchev–Trinajstić information content (AvgIpc) is 3.17. The predicted molar refractivity (Wildman–Crippen MR) is 106 cm³/mol. The molecule has 0 aliphatic rings. The van der Waals surface area contributed by atoms with Crippen molar-refractivity contribution in [2.45, 2.75) is 6.42 Å². The van der Waals surface area contributed by atoms with Crippen molar-refractivity contribution < 1.29 is 9.18 Å². The highest BCUT2D eigenvalue weighted by Gasteiger charge is 2.09. The summed E-state index contributed by atoms with van der Waals surface area (Å²) in [5, 5.41) is 6.46. The second-order valence-corrected chi connectivity index (χ2v) is 6.76. The van der Waals surface area contributed by atoms with E-state index in [1.54, 1.807) is 23.7 Å². The van der Waals surface area contributed by atoms with Gasteiger partial charge in [-0.1, -0.05) is 12.1 Å². The molecule has 0 aliphatic heterocycles. The van der Waals surface area contributed by atoms with E-state index in [4.69, 9.17) is 0 Å². The minimum Gasteiger partial charge on any atom is -0.273 e. The van der Waals surface area contributed by atoms with Gasteiger partial charge in [0.25, 0.3) is 0 Å². The summed E-state index contributed by atoms with van der Waals surface area (Å²) in [5.41, 5.74) is 6.00. The fourth-order valence-electron chi connectivity index (χ4n) is 2.52. The largest absolute Gasteiger partial charge is 0.273 e. The van der Waals surface area contributed by atoms with E-state index >= 15 is 0 Å². The number of hydrogen-bond acceptors (Lipinski definition) is 6. The standard InChI is InChI=1S/C20H14FN5OS/c21-14-7-5-13(6-8-14)20-25-15(12-28-20)9-19(27)26-23-11-16-10-22-17-3-1-2-4-18(17)24-16/h1-8,10-12H,9H2,(H,26,27)/b23-11-. The van der Waals surface area contributed by atoms with E-state index in [9.17, 15) is 9.18 Å². The molecule has 8 heteroatoms. The lowest BCUT2D eigenvalue weighted by Gasteiger charge is -1.99. The highest BCUT2D eigenvalue weighted by molar-refractivity contribution is 7.13. The maximum Gasteiger partial charge on any atom is 0.246 e. The minimum atomic E-state index is -0.297. The van der Waals surface area contributed by atoms with Crippen molar-refractivity contribution in [3.05, 3.63) is 77.3 Å². The maximum atomic E-state index is 13.0. The number of aromatic nitrogens is 3. The van der Waals surface area contributed by atoms with Crippen LogP contribution in [0.4, 0.5) is 4.39 Å². The molecule has 28 heavy (non-hydrogen) atoms. The monoisotopic (exact) mass is 391 g/mol. The number of nitrogens with zero attached hydrogens (tertiary/aromatic N) is 4. The SMILES string of the molecule is O=C(Cc1csc(-c2ccc(F)cc2)n1)N/N=C\c1cnc2ccccc2n1. The van der Waals surface area contributed by atoms with Crippen LogP contribution in [0.2, 0.25) is 0 Å². The number of nitrogens with one attached hydrogen (secondary N) is 1. The number of para-hydroxylation sites is 2. The molecule has 0 fully saturated rings. The first-order valence-corrected chi connectivity index (χ1v) is 9.29. The molecule has 6 nitrogen and oxygen atoms in total. The Kier molecular flexibility index (Phi) is 5.11. The van der Waals surface area contributed by atoms with Crippen molar-refractivity contribution in [1.29, 1.82) is 0 Å². The number of benzene rings is 2. The number of rotatable bonds is 5. The van der Waals surface area contributed by atoms with E-state index in [2.05, 4.69) is 25.5 Å². The zero-order valence-electron chi connectivity index (χ0n) is 14.5. The van der Waals surface area contributed by atoms with Crippen LogP contribution >= 0.6 is 11.3 Å². The molecule has 0 atom stereocenters. The number of carbonyl (C=O) groups excluding carboxylic acids is 1. The lowest BCUT2D eigenvalue weighted by atomic mass is 10.2. The van der Waals surface area contributed by atoms with Gasteiger partial charge in [0.2, 0.25) is 5.91 Å². The molecule has 0 unspecified atom stereocenters. The number of hydrazone groups is 1. The summed E-state index contributed by atoms with van der Waals surface area (Å²) in [4.78, 5) is 25.2. The molecular weight excluding hydrogens is 377 g/mol. The van der Waals surface area contributed by atoms with Crippen molar-refractivity contribution in [2.24, 2.45) is 5.10 Å².